The van der Waals surface area contributed by atoms with Crippen molar-refractivity contribution in [2.24, 2.45) is 12.8 Å². The van der Waals surface area contributed by atoms with Crippen molar-refractivity contribution in [3.05, 3.63) is 59.4 Å². The molecule has 1 saturated heterocycles. The Kier molecular flexibility index (Phi) is 10.4. The van der Waals surface area contributed by atoms with Gasteiger partial charge in [-0.25, -0.2) is 4.98 Å². The molecule has 1 aromatic heterocycles. The SMILES string of the molecule is CCOC(=O)CCN(Cc1nc2cc(C(C)(C(=O)N3CCCC3)N(C)C)ccc2n1C)c1ccc(C(=N)N)cc1.Cl. The number of benzene rings is 2. The highest BCUT2D eigenvalue weighted by Crippen LogP contribution is 2.32. The second kappa shape index (κ2) is 13.4. The van der Waals surface area contributed by atoms with Crippen molar-refractivity contribution in [2.45, 2.75) is 45.2 Å². The van der Waals surface area contributed by atoms with Gasteiger partial charge in [-0.1, -0.05) is 6.07 Å². The molecule has 1 unspecified atom stereocenters. The molecule has 1 fully saturated rings. The number of halogens is 1. The highest BCUT2D eigenvalue weighted by atomic mass is 35.5. The van der Waals surface area contributed by atoms with Crippen LogP contribution in [0.4, 0.5) is 5.69 Å². The number of nitrogens with one attached hydrogen (secondary N) is 1. The number of rotatable bonds is 11. The summed E-state index contributed by atoms with van der Waals surface area (Å²) in [5, 5.41) is 7.69. The van der Waals surface area contributed by atoms with Crippen LogP contribution in [0, 0.1) is 5.41 Å². The normalized spacial score (nSPS) is 14.5. The molecule has 41 heavy (non-hydrogen) atoms. The molecule has 1 aliphatic rings. The maximum absolute atomic E-state index is 13.7. The number of fused-ring (bicyclic) bond motifs is 1. The lowest BCUT2D eigenvalue weighted by Crippen LogP contribution is -2.52. The number of likely N-dealkylation sites (N-methyl/N-ethyl adjacent to an activating group) is 1. The first-order chi connectivity index (χ1) is 19.1. The first-order valence-electron chi connectivity index (χ1n) is 13.8. The van der Waals surface area contributed by atoms with E-state index in [-0.39, 0.29) is 36.5 Å². The molecule has 1 aliphatic heterocycles. The van der Waals surface area contributed by atoms with Gasteiger partial charge < -0.3 is 24.8 Å². The third-order valence-electron chi connectivity index (χ3n) is 8.01. The fourth-order valence-corrected chi connectivity index (χ4v) is 5.28. The van der Waals surface area contributed by atoms with Crippen molar-refractivity contribution in [3.63, 3.8) is 0 Å². The maximum Gasteiger partial charge on any atom is 0.307 e. The Morgan fingerprint density at radius 2 is 1.78 bits per heavy atom. The Hall–Kier alpha value is -3.63. The molecule has 0 spiro atoms. The van der Waals surface area contributed by atoms with Crippen molar-refractivity contribution in [1.82, 2.24) is 19.4 Å². The van der Waals surface area contributed by atoms with E-state index in [0.29, 0.717) is 25.3 Å². The van der Waals surface area contributed by atoms with E-state index < -0.39 is 5.54 Å². The molecule has 11 heteroatoms. The highest BCUT2D eigenvalue weighted by Gasteiger charge is 2.41. The number of aryl methyl sites for hydroxylation is 1. The minimum atomic E-state index is -0.805. The summed E-state index contributed by atoms with van der Waals surface area (Å²) in [5.74, 6) is 0.686. The number of nitrogens with two attached hydrogens (primary N) is 1. The Balaban J connectivity index is 0.00000462. The molecule has 222 valence electrons. The standard InChI is InChI=1S/C30H41N7O3.ClH/c1-6-40-27(38)15-18-37(23-12-9-21(10-13-23)28(31)32)20-26-33-24-19-22(11-14-25(24)35(26)5)30(2,34(3)4)29(39)36-16-7-8-17-36;/h9-14,19H,6-8,15-18,20H2,1-5H3,(H3,31,32);1H. The van der Waals surface area contributed by atoms with Gasteiger partial charge in [-0.3, -0.25) is 19.9 Å². The molecular weight excluding hydrogens is 542 g/mol. The predicted molar refractivity (Wildman–Crippen MR) is 165 cm³/mol. The Morgan fingerprint density at radius 1 is 1.12 bits per heavy atom. The summed E-state index contributed by atoms with van der Waals surface area (Å²) in [5.41, 5.74) is 9.05. The van der Waals surface area contributed by atoms with Crippen molar-refractivity contribution >= 4 is 46.8 Å². The molecule has 2 aromatic carbocycles. The zero-order valence-corrected chi connectivity index (χ0v) is 25.5. The van der Waals surface area contributed by atoms with E-state index in [1.165, 1.54) is 0 Å². The van der Waals surface area contributed by atoms with Crippen molar-refractivity contribution < 1.29 is 14.3 Å². The Bertz CT molecular complexity index is 1380. The van der Waals surface area contributed by atoms with Crippen LogP contribution >= 0.6 is 12.4 Å². The summed E-state index contributed by atoms with van der Waals surface area (Å²) in [4.78, 5) is 36.8. The van der Waals surface area contributed by atoms with Gasteiger partial charge in [0.1, 0.15) is 17.2 Å². The van der Waals surface area contributed by atoms with Crippen molar-refractivity contribution in [2.75, 3.05) is 45.2 Å². The number of anilines is 1. The smallest absolute Gasteiger partial charge is 0.307 e. The Morgan fingerprint density at radius 3 is 2.37 bits per heavy atom. The number of nitrogens with zero attached hydrogens (tertiary/aromatic N) is 5. The third-order valence-corrected chi connectivity index (χ3v) is 8.01. The molecule has 0 radical (unpaired) electrons. The molecule has 1 amide bonds. The Labute approximate surface area is 248 Å². The largest absolute Gasteiger partial charge is 0.466 e. The number of carbonyl (C=O) groups is 2. The van der Waals surface area contributed by atoms with Gasteiger partial charge in [0.2, 0.25) is 5.91 Å². The second-order valence-corrected chi connectivity index (χ2v) is 10.7. The number of esters is 1. The van der Waals surface area contributed by atoms with E-state index in [2.05, 4.69) is 9.47 Å². The first-order valence-corrected chi connectivity index (χ1v) is 13.8. The van der Waals surface area contributed by atoms with Gasteiger partial charge in [0.25, 0.3) is 0 Å². The molecule has 3 aromatic rings. The fraction of sp³-hybridized carbons (Fsp3) is 0.467. The van der Waals surface area contributed by atoms with Gasteiger partial charge >= 0.3 is 5.97 Å². The number of hydrogen-bond donors (Lipinski definition) is 2. The van der Waals surface area contributed by atoms with Gasteiger partial charge in [-0.05, 0) is 82.7 Å². The lowest BCUT2D eigenvalue weighted by molar-refractivity contribution is -0.143. The molecule has 4 rings (SSSR count). The van der Waals surface area contributed by atoms with Gasteiger partial charge in [0, 0.05) is 37.9 Å². The lowest BCUT2D eigenvalue weighted by atomic mass is 9.88. The molecule has 1 atom stereocenters. The first kappa shape index (κ1) is 31.9. The number of aromatic nitrogens is 2. The number of amides is 1. The summed E-state index contributed by atoms with van der Waals surface area (Å²) in [6.45, 7) is 6.61. The van der Waals surface area contributed by atoms with Crippen LogP contribution in [0.5, 0.6) is 0 Å². The van der Waals surface area contributed by atoms with E-state index in [4.69, 9.17) is 20.9 Å². The summed E-state index contributed by atoms with van der Waals surface area (Å²) in [6.07, 6.45) is 2.32. The van der Waals surface area contributed by atoms with Gasteiger partial charge in [0.05, 0.1) is 30.6 Å². The quantitative estimate of drug-likeness (QED) is 0.201. The number of ether oxygens (including phenoxy) is 1. The molecule has 10 nitrogen and oxygen atoms in total. The van der Waals surface area contributed by atoms with E-state index in [0.717, 1.165) is 54.0 Å². The van der Waals surface area contributed by atoms with Crippen LogP contribution in [0.1, 0.15) is 50.1 Å². The second-order valence-electron chi connectivity index (χ2n) is 10.7. The number of carbonyl (C=O) groups excluding carboxylic acids is 2. The van der Waals surface area contributed by atoms with Crippen LogP contribution in [-0.4, -0.2) is 77.4 Å². The predicted octanol–water partition coefficient (Wildman–Crippen LogP) is 3.64. The molecule has 0 saturated carbocycles. The van der Waals surface area contributed by atoms with E-state index >= 15 is 0 Å². The van der Waals surface area contributed by atoms with Gasteiger partial charge in [-0.15, -0.1) is 12.4 Å². The number of amidine groups is 1. The minimum Gasteiger partial charge on any atom is -0.466 e. The van der Waals surface area contributed by atoms with Crippen LogP contribution in [0.2, 0.25) is 0 Å². The summed E-state index contributed by atoms with van der Waals surface area (Å²) < 4.78 is 7.21. The van der Waals surface area contributed by atoms with Crippen LogP contribution < -0.4 is 10.6 Å². The third kappa shape index (κ3) is 6.65. The zero-order chi connectivity index (χ0) is 29.0. The summed E-state index contributed by atoms with van der Waals surface area (Å²) in [7, 11) is 5.87. The molecule has 3 N–H and O–H groups in total. The number of imidazole rings is 1. The summed E-state index contributed by atoms with van der Waals surface area (Å²) >= 11 is 0. The monoisotopic (exact) mass is 583 g/mol. The molecular formula is C30H42ClN7O3. The van der Waals surface area contributed by atoms with Crippen LogP contribution in [0.3, 0.4) is 0 Å². The highest BCUT2D eigenvalue weighted by molar-refractivity contribution is 5.95. The molecule has 2 heterocycles. The van der Waals surface area contributed by atoms with Crippen LogP contribution in [0.15, 0.2) is 42.5 Å². The van der Waals surface area contributed by atoms with Crippen LogP contribution in [-0.2, 0) is 33.5 Å². The van der Waals surface area contributed by atoms with Gasteiger partial charge in [0.15, 0.2) is 0 Å². The van der Waals surface area contributed by atoms with E-state index in [9.17, 15) is 9.59 Å². The minimum absolute atomic E-state index is 0. The average molecular weight is 584 g/mol. The maximum atomic E-state index is 13.7. The van der Waals surface area contributed by atoms with E-state index in [1.54, 1.807) is 19.1 Å². The number of nitrogen functional groups attached to an aromatic ring is 1. The zero-order valence-electron chi connectivity index (χ0n) is 24.6. The van der Waals surface area contributed by atoms with E-state index in [1.807, 2.05) is 68.2 Å². The molecule has 0 bridgehead atoms. The molecule has 0 aliphatic carbocycles. The topological polar surface area (TPSA) is 121 Å². The average Bonchev–Trinajstić information content (AvgIpc) is 3.58. The fourth-order valence-electron chi connectivity index (χ4n) is 5.28. The van der Waals surface area contributed by atoms with Gasteiger partial charge in [-0.2, -0.15) is 0 Å². The number of likely N-dealkylation sites (tertiary alicyclic amines) is 1. The summed E-state index contributed by atoms with van der Waals surface area (Å²) in [6, 6.07) is 13.5. The lowest BCUT2D eigenvalue weighted by Gasteiger charge is -2.38. The number of hydrogen-bond acceptors (Lipinski definition) is 7. The van der Waals surface area contributed by atoms with Crippen molar-refractivity contribution in [1.29, 1.82) is 5.41 Å². The van der Waals surface area contributed by atoms with Crippen LogP contribution in [0.25, 0.3) is 11.0 Å². The van der Waals surface area contributed by atoms with Crippen molar-refractivity contribution in [3.8, 4) is 0 Å².